The largest absolute Gasteiger partial charge is 0.256 e. The maximum absolute atomic E-state index is 4.22. The molecule has 1 heteroatoms. The maximum atomic E-state index is 4.22. The summed E-state index contributed by atoms with van der Waals surface area (Å²) in [7, 11) is 0. The molecule has 0 atom stereocenters. The molecule has 1 aromatic heterocycles. The summed E-state index contributed by atoms with van der Waals surface area (Å²) in [5, 5.41) is 1.19. The van der Waals surface area contributed by atoms with Crippen LogP contribution in [0.1, 0.15) is 5.56 Å². The van der Waals surface area contributed by atoms with Crippen LogP contribution in [-0.4, -0.2) is 4.98 Å². The summed E-state index contributed by atoms with van der Waals surface area (Å²) in [5.41, 5.74) is 2.21. The van der Waals surface area contributed by atoms with E-state index in [1.807, 2.05) is 31.3 Å². The van der Waals surface area contributed by atoms with Gasteiger partial charge in [0.05, 0.1) is 5.52 Å². The summed E-state index contributed by atoms with van der Waals surface area (Å²) < 4.78 is 0. The first-order valence-corrected chi connectivity index (χ1v) is 3.60. The first-order valence-electron chi connectivity index (χ1n) is 3.60. The second-order valence-electron chi connectivity index (χ2n) is 2.54. The fraction of sp³-hybridized carbons (Fsp3) is 0.100. The lowest BCUT2D eigenvalue weighted by Gasteiger charge is -1.97. The Bertz CT molecular complexity index is 374. The number of aromatic nitrogens is 1. The number of hydrogen-bond donors (Lipinski definition) is 0. The van der Waals surface area contributed by atoms with Crippen molar-refractivity contribution in [1.29, 1.82) is 0 Å². The van der Waals surface area contributed by atoms with E-state index in [1.165, 1.54) is 5.39 Å². The second-order valence-corrected chi connectivity index (χ2v) is 2.54. The van der Waals surface area contributed by atoms with Gasteiger partial charge in [-0.1, -0.05) is 12.1 Å². The molecule has 0 spiro atoms. The van der Waals surface area contributed by atoms with Crippen LogP contribution in [0, 0.1) is 13.0 Å². The smallest absolute Gasteiger partial charge is 0.0705 e. The van der Waals surface area contributed by atoms with Gasteiger partial charge in [-0.25, -0.2) is 0 Å². The molecule has 0 saturated heterocycles. The standard InChI is InChI=1S/C10H8N/c1-8-4-2-6-10-9(8)5-3-7-11-10/h2-3,5-7H,1H3. The Morgan fingerprint density at radius 3 is 3.09 bits per heavy atom. The minimum absolute atomic E-state index is 1.05. The number of pyridine rings is 1. The van der Waals surface area contributed by atoms with E-state index in [4.69, 9.17) is 0 Å². The summed E-state index contributed by atoms with van der Waals surface area (Å²) in [6, 6.07) is 11.0. The third kappa shape index (κ3) is 0.984. The van der Waals surface area contributed by atoms with Gasteiger partial charge in [-0.2, -0.15) is 0 Å². The van der Waals surface area contributed by atoms with E-state index in [-0.39, 0.29) is 0 Å². The molecule has 2 aromatic rings. The molecular weight excluding hydrogens is 134 g/mol. The van der Waals surface area contributed by atoms with E-state index in [2.05, 4.69) is 17.1 Å². The van der Waals surface area contributed by atoms with Crippen LogP contribution in [0.3, 0.4) is 0 Å². The highest BCUT2D eigenvalue weighted by atomic mass is 14.6. The third-order valence-corrected chi connectivity index (χ3v) is 1.78. The number of aryl methyl sites for hydroxylation is 1. The summed E-state index contributed by atoms with van der Waals surface area (Å²) >= 11 is 0. The van der Waals surface area contributed by atoms with Crippen molar-refractivity contribution in [2.75, 3.05) is 0 Å². The number of benzene rings is 1. The first-order chi connectivity index (χ1) is 5.38. The van der Waals surface area contributed by atoms with Crippen LogP contribution >= 0.6 is 0 Å². The van der Waals surface area contributed by atoms with Gasteiger partial charge in [0.2, 0.25) is 0 Å². The molecular formula is C10H8N. The lowest BCUT2D eigenvalue weighted by molar-refractivity contribution is 1.39. The van der Waals surface area contributed by atoms with Crippen molar-refractivity contribution >= 4 is 10.9 Å². The van der Waals surface area contributed by atoms with Gasteiger partial charge < -0.3 is 0 Å². The lowest BCUT2D eigenvalue weighted by atomic mass is 10.1. The van der Waals surface area contributed by atoms with Crippen molar-refractivity contribution in [1.82, 2.24) is 4.98 Å². The van der Waals surface area contributed by atoms with E-state index >= 15 is 0 Å². The topological polar surface area (TPSA) is 12.9 Å². The van der Waals surface area contributed by atoms with Crippen LogP contribution in [0.2, 0.25) is 0 Å². The van der Waals surface area contributed by atoms with Crippen molar-refractivity contribution < 1.29 is 0 Å². The lowest BCUT2D eigenvalue weighted by Crippen LogP contribution is -1.79. The van der Waals surface area contributed by atoms with Gasteiger partial charge in [-0.15, -0.1) is 0 Å². The Morgan fingerprint density at radius 1 is 1.36 bits per heavy atom. The molecule has 0 fully saturated rings. The molecule has 0 bridgehead atoms. The minimum atomic E-state index is 1.05. The molecule has 11 heavy (non-hydrogen) atoms. The van der Waals surface area contributed by atoms with Crippen molar-refractivity contribution in [3.63, 3.8) is 0 Å². The highest BCUT2D eigenvalue weighted by Crippen LogP contribution is 2.13. The zero-order valence-corrected chi connectivity index (χ0v) is 6.33. The van der Waals surface area contributed by atoms with Crippen LogP contribution in [0.4, 0.5) is 0 Å². The Labute approximate surface area is 65.7 Å². The molecule has 1 aromatic carbocycles. The normalized spacial score (nSPS) is 10.3. The SMILES string of the molecule is Cc1[c]ccc2ncccc12. The Balaban J connectivity index is 2.91. The second kappa shape index (κ2) is 2.35. The number of nitrogens with zero attached hydrogens (tertiary/aromatic N) is 1. The van der Waals surface area contributed by atoms with Crippen LogP contribution < -0.4 is 0 Å². The fourth-order valence-electron chi connectivity index (χ4n) is 1.19. The van der Waals surface area contributed by atoms with Crippen molar-refractivity contribution in [3.8, 4) is 0 Å². The van der Waals surface area contributed by atoms with Gasteiger partial charge >= 0.3 is 0 Å². The molecule has 0 N–H and O–H groups in total. The quantitative estimate of drug-likeness (QED) is 0.550. The molecule has 0 aliphatic carbocycles. The van der Waals surface area contributed by atoms with Gasteiger partial charge in [-0.3, -0.25) is 4.98 Å². The van der Waals surface area contributed by atoms with Crippen molar-refractivity contribution in [3.05, 3.63) is 42.1 Å². The number of fused-ring (bicyclic) bond motifs is 1. The molecule has 0 aliphatic rings. The van der Waals surface area contributed by atoms with Crippen molar-refractivity contribution in [2.24, 2.45) is 0 Å². The molecule has 2 rings (SSSR count). The van der Waals surface area contributed by atoms with E-state index in [1.54, 1.807) is 0 Å². The van der Waals surface area contributed by atoms with Gasteiger partial charge in [-0.05, 0) is 30.7 Å². The predicted octanol–water partition coefficient (Wildman–Crippen LogP) is 2.34. The number of rotatable bonds is 0. The first kappa shape index (κ1) is 6.35. The zero-order valence-electron chi connectivity index (χ0n) is 6.33. The fourth-order valence-corrected chi connectivity index (χ4v) is 1.19. The van der Waals surface area contributed by atoms with Gasteiger partial charge in [0, 0.05) is 11.6 Å². The average molecular weight is 142 g/mol. The van der Waals surface area contributed by atoms with Crippen molar-refractivity contribution in [2.45, 2.75) is 6.92 Å². The molecule has 0 aliphatic heterocycles. The highest BCUT2D eigenvalue weighted by molar-refractivity contribution is 5.81. The van der Waals surface area contributed by atoms with Gasteiger partial charge in [0.15, 0.2) is 0 Å². The van der Waals surface area contributed by atoms with Gasteiger partial charge in [0.1, 0.15) is 0 Å². The number of hydrogen-bond acceptors (Lipinski definition) is 1. The molecule has 0 unspecified atom stereocenters. The van der Waals surface area contributed by atoms with E-state index in [0.29, 0.717) is 0 Å². The molecule has 0 saturated carbocycles. The average Bonchev–Trinajstić information content (AvgIpc) is 2.06. The molecule has 1 heterocycles. The third-order valence-electron chi connectivity index (χ3n) is 1.78. The summed E-state index contributed by atoms with van der Waals surface area (Å²) in [4.78, 5) is 4.22. The van der Waals surface area contributed by atoms with Crippen LogP contribution in [-0.2, 0) is 0 Å². The summed E-state index contributed by atoms with van der Waals surface area (Å²) in [6.45, 7) is 2.05. The predicted molar refractivity (Wildman–Crippen MR) is 45.3 cm³/mol. The Hall–Kier alpha value is -1.37. The molecule has 1 nitrogen and oxygen atoms in total. The maximum Gasteiger partial charge on any atom is 0.0705 e. The molecule has 0 amide bonds. The van der Waals surface area contributed by atoms with E-state index in [9.17, 15) is 0 Å². The van der Waals surface area contributed by atoms with Crippen LogP contribution in [0.15, 0.2) is 30.5 Å². The Morgan fingerprint density at radius 2 is 2.27 bits per heavy atom. The van der Waals surface area contributed by atoms with E-state index in [0.717, 1.165) is 11.1 Å². The Kier molecular flexibility index (Phi) is 1.35. The molecule has 53 valence electrons. The van der Waals surface area contributed by atoms with Gasteiger partial charge in [0.25, 0.3) is 0 Å². The van der Waals surface area contributed by atoms with Crippen LogP contribution in [0.5, 0.6) is 0 Å². The summed E-state index contributed by atoms with van der Waals surface area (Å²) in [5.74, 6) is 0. The zero-order chi connectivity index (χ0) is 7.68. The minimum Gasteiger partial charge on any atom is -0.256 e. The van der Waals surface area contributed by atoms with E-state index < -0.39 is 0 Å². The monoisotopic (exact) mass is 142 g/mol. The molecule has 1 radical (unpaired) electrons. The van der Waals surface area contributed by atoms with Crippen LogP contribution in [0.25, 0.3) is 10.9 Å². The highest BCUT2D eigenvalue weighted by Gasteiger charge is 1.93. The summed E-state index contributed by atoms with van der Waals surface area (Å²) in [6.07, 6.45) is 1.81.